The normalized spacial score (nSPS) is 20.8. The first-order valence-corrected chi connectivity index (χ1v) is 12.6. The molecule has 2 aromatic carbocycles. The van der Waals surface area contributed by atoms with E-state index in [0.29, 0.717) is 6.42 Å². The molecule has 1 N–H and O–H groups in total. The summed E-state index contributed by atoms with van der Waals surface area (Å²) in [5, 5.41) is 2.75. The quantitative estimate of drug-likeness (QED) is 0.516. The highest BCUT2D eigenvalue weighted by Crippen LogP contribution is 2.41. The fourth-order valence-electron chi connectivity index (χ4n) is 5.20. The maximum Gasteiger partial charge on any atom is 0.410 e. The molecule has 3 amide bonds. The van der Waals surface area contributed by atoms with Gasteiger partial charge in [0.05, 0.1) is 7.11 Å². The summed E-state index contributed by atoms with van der Waals surface area (Å²) < 4.78 is 46.4. The highest BCUT2D eigenvalue weighted by Gasteiger charge is 2.51. The van der Waals surface area contributed by atoms with Gasteiger partial charge in [0, 0.05) is 40.7 Å². The molecule has 0 unspecified atom stereocenters. The number of benzene rings is 2. The summed E-state index contributed by atoms with van der Waals surface area (Å²) in [6, 6.07) is 8.17. The summed E-state index contributed by atoms with van der Waals surface area (Å²) in [6.07, 6.45) is -1.06. The highest BCUT2D eigenvalue weighted by molar-refractivity contribution is 6.31. The van der Waals surface area contributed by atoms with Crippen molar-refractivity contribution in [2.24, 2.45) is 0 Å². The van der Waals surface area contributed by atoms with Crippen LogP contribution in [0.15, 0.2) is 48.5 Å². The molecule has 0 radical (unpaired) electrons. The van der Waals surface area contributed by atoms with E-state index in [9.17, 15) is 27.6 Å². The average molecular weight is 552 g/mol. The van der Waals surface area contributed by atoms with Gasteiger partial charge in [-0.25, -0.2) is 18.0 Å². The molecule has 1 saturated heterocycles. The van der Waals surface area contributed by atoms with Crippen LogP contribution in [0.4, 0.5) is 23.7 Å². The monoisotopic (exact) mass is 551 g/mol. The Morgan fingerprint density at radius 1 is 1.13 bits per heavy atom. The van der Waals surface area contributed by atoms with Gasteiger partial charge in [0.15, 0.2) is 0 Å². The van der Waals surface area contributed by atoms with Gasteiger partial charge in [0.2, 0.25) is 5.91 Å². The summed E-state index contributed by atoms with van der Waals surface area (Å²) in [5.41, 5.74) is -0.471. The van der Waals surface area contributed by atoms with Crippen LogP contribution in [0.3, 0.4) is 0 Å². The fraction of sp³-hybridized carbons (Fsp3) is 0.444. The zero-order valence-corrected chi connectivity index (χ0v) is 22.0. The zero-order chi connectivity index (χ0) is 27.8. The van der Waals surface area contributed by atoms with Crippen LogP contribution in [-0.2, 0) is 14.3 Å². The van der Waals surface area contributed by atoms with Crippen molar-refractivity contribution in [1.29, 1.82) is 0 Å². The summed E-state index contributed by atoms with van der Waals surface area (Å²) in [7, 11) is 1.21. The van der Waals surface area contributed by atoms with E-state index in [4.69, 9.17) is 16.3 Å². The minimum Gasteiger partial charge on any atom is -0.453 e. The molecule has 204 valence electrons. The van der Waals surface area contributed by atoms with Gasteiger partial charge in [0.1, 0.15) is 17.9 Å². The van der Waals surface area contributed by atoms with Gasteiger partial charge in [0.25, 0.3) is 11.8 Å². The number of nitrogens with zero attached hydrogens (tertiary/aromatic N) is 2. The maximum atomic E-state index is 14.4. The standard InChI is InChI=1S/C27H29ClF3N3O4/c1-26(2)12-11-21(34(26)25(37)38-3)24(36)33(18-8-6-7-16(29)13-18)22(19-9-4-5-10-20(19)28)23(35)32-17-14-27(30,31)15-17/h4-10,13,17,21-22H,11-12,14-15H2,1-3H3,(H,32,35)/t21-,22+/m1/s1. The summed E-state index contributed by atoms with van der Waals surface area (Å²) in [5.74, 6) is -4.95. The Morgan fingerprint density at radius 3 is 2.42 bits per heavy atom. The van der Waals surface area contributed by atoms with E-state index in [1.807, 2.05) is 0 Å². The van der Waals surface area contributed by atoms with Crippen LogP contribution in [0.25, 0.3) is 0 Å². The molecule has 1 aliphatic carbocycles. The molecule has 2 aliphatic rings. The number of amides is 3. The average Bonchev–Trinajstić information content (AvgIpc) is 3.15. The molecule has 1 saturated carbocycles. The summed E-state index contributed by atoms with van der Waals surface area (Å²) >= 11 is 6.47. The first-order chi connectivity index (χ1) is 17.8. The van der Waals surface area contributed by atoms with Crippen LogP contribution < -0.4 is 10.2 Å². The predicted molar refractivity (Wildman–Crippen MR) is 136 cm³/mol. The molecule has 1 aliphatic heterocycles. The molecule has 2 aromatic rings. The van der Waals surface area contributed by atoms with Crippen LogP contribution in [0.5, 0.6) is 0 Å². The van der Waals surface area contributed by atoms with E-state index in [2.05, 4.69) is 5.32 Å². The smallest absolute Gasteiger partial charge is 0.410 e. The van der Waals surface area contributed by atoms with Crippen molar-refractivity contribution < 1.29 is 32.3 Å². The van der Waals surface area contributed by atoms with Crippen LogP contribution >= 0.6 is 11.6 Å². The molecular formula is C27H29ClF3N3O4. The van der Waals surface area contributed by atoms with Crippen molar-refractivity contribution in [2.75, 3.05) is 12.0 Å². The molecule has 2 atom stereocenters. The second kappa shape index (κ2) is 10.5. The largest absolute Gasteiger partial charge is 0.453 e. The highest BCUT2D eigenvalue weighted by atomic mass is 35.5. The number of rotatable bonds is 6. The van der Waals surface area contributed by atoms with Gasteiger partial charge in [-0.1, -0.05) is 35.9 Å². The Morgan fingerprint density at radius 2 is 1.82 bits per heavy atom. The molecular weight excluding hydrogens is 523 g/mol. The number of ether oxygens (including phenoxy) is 1. The van der Waals surface area contributed by atoms with E-state index in [0.717, 1.165) is 11.0 Å². The fourth-order valence-corrected chi connectivity index (χ4v) is 5.43. The van der Waals surface area contributed by atoms with E-state index in [1.54, 1.807) is 26.0 Å². The zero-order valence-electron chi connectivity index (χ0n) is 21.2. The predicted octanol–water partition coefficient (Wildman–Crippen LogP) is 5.48. The number of hydrogen-bond acceptors (Lipinski definition) is 4. The Labute approximate surface area is 223 Å². The Hall–Kier alpha value is -3.27. The minimum atomic E-state index is -2.88. The number of halogens is 4. The molecule has 38 heavy (non-hydrogen) atoms. The van der Waals surface area contributed by atoms with E-state index >= 15 is 0 Å². The molecule has 4 rings (SSSR count). The van der Waals surface area contributed by atoms with Crippen molar-refractivity contribution in [1.82, 2.24) is 10.2 Å². The maximum absolute atomic E-state index is 14.4. The Balaban J connectivity index is 1.82. The van der Waals surface area contributed by atoms with Crippen molar-refractivity contribution in [3.05, 3.63) is 64.9 Å². The van der Waals surface area contributed by atoms with Gasteiger partial charge in [-0.05, 0) is 51.0 Å². The lowest BCUT2D eigenvalue weighted by molar-refractivity contribution is -0.133. The third-order valence-electron chi connectivity index (χ3n) is 7.12. The topological polar surface area (TPSA) is 79.0 Å². The second-order valence-corrected chi connectivity index (χ2v) is 10.7. The number of nitrogens with one attached hydrogen (secondary N) is 1. The van der Waals surface area contributed by atoms with Crippen molar-refractivity contribution in [2.45, 2.75) is 69.1 Å². The van der Waals surface area contributed by atoms with Crippen molar-refractivity contribution in [3.8, 4) is 0 Å². The van der Waals surface area contributed by atoms with Crippen LogP contribution in [-0.4, -0.2) is 53.5 Å². The molecule has 0 aromatic heterocycles. The lowest BCUT2D eigenvalue weighted by Crippen LogP contribution is -2.57. The van der Waals surface area contributed by atoms with Gasteiger partial charge in [-0.15, -0.1) is 0 Å². The summed E-state index contributed by atoms with van der Waals surface area (Å²) in [4.78, 5) is 43.2. The first kappa shape index (κ1) is 27.8. The molecule has 7 nitrogen and oxygen atoms in total. The Bertz CT molecular complexity index is 1230. The third kappa shape index (κ3) is 5.45. The number of hydrogen-bond donors (Lipinski definition) is 1. The molecule has 0 spiro atoms. The van der Waals surface area contributed by atoms with Crippen LogP contribution in [0.2, 0.25) is 5.02 Å². The number of carbonyl (C=O) groups is 3. The van der Waals surface area contributed by atoms with Crippen molar-refractivity contribution >= 4 is 35.2 Å². The van der Waals surface area contributed by atoms with E-state index in [1.165, 1.54) is 42.3 Å². The van der Waals surface area contributed by atoms with Gasteiger partial charge >= 0.3 is 6.09 Å². The SMILES string of the molecule is COC(=O)N1[C@@H](C(=O)N(c2cccc(F)c2)[C@H](C(=O)NC2CC(F)(F)C2)c2ccccc2Cl)CCC1(C)C. The summed E-state index contributed by atoms with van der Waals surface area (Å²) in [6.45, 7) is 3.58. The van der Waals surface area contributed by atoms with Crippen molar-refractivity contribution in [3.63, 3.8) is 0 Å². The molecule has 0 bridgehead atoms. The molecule has 11 heteroatoms. The lowest BCUT2D eigenvalue weighted by Gasteiger charge is -2.40. The molecule has 2 fully saturated rings. The van der Waals surface area contributed by atoms with E-state index in [-0.39, 0.29) is 22.7 Å². The number of likely N-dealkylation sites (tertiary alicyclic amines) is 1. The van der Waals surface area contributed by atoms with Crippen LogP contribution in [0.1, 0.15) is 51.1 Å². The number of carbonyl (C=O) groups excluding carboxylic acids is 3. The van der Waals surface area contributed by atoms with Gasteiger partial charge in [-0.2, -0.15) is 0 Å². The Kier molecular flexibility index (Phi) is 7.65. The number of alkyl halides is 2. The van der Waals surface area contributed by atoms with Crippen LogP contribution in [0, 0.1) is 5.82 Å². The lowest BCUT2D eigenvalue weighted by atomic mass is 9.87. The first-order valence-electron chi connectivity index (χ1n) is 12.2. The van der Waals surface area contributed by atoms with Gasteiger partial charge < -0.3 is 10.1 Å². The number of methoxy groups -OCH3 is 1. The second-order valence-electron chi connectivity index (χ2n) is 10.3. The third-order valence-corrected chi connectivity index (χ3v) is 7.46. The number of anilines is 1. The van der Waals surface area contributed by atoms with E-state index < -0.39 is 66.2 Å². The van der Waals surface area contributed by atoms with Gasteiger partial charge in [-0.3, -0.25) is 19.4 Å². The molecule has 1 heterocycles. The minimum absolute atomic E-state index is 0.0449.